The van der Waals surface area contributed by atoms with Gasteiger partial charge in [-0.1, -0.05) is 109 Å². The van der Waals surface area contributed by atoms with Crippen LogP contribution < -0.4 is 47.6 Å². The quantitative estimate of drug-likeness (QED) is 0.278. The predicted molar refractivity (Wildman–Crippen MR) is 122 cm³/mol. The van der Waals surface area contributed by atoms with Gasteiger partial charge in [-0.2, -0.15) is 5.57 Å². The standard InChI is InChI=1S/C26H33Si.3ClH.Ti/c1-8-22(7)25-15-21(6)16-26(25)27(23-11-17(2)9-18(3)12-23)24-13-19(4)10-20(5)14-24;;;;/h9-14,22,27H,8,16H2,1-7H3;3*1H;/q-1;;;;+4/p-3. The Morgan fingerprint density at radius 3 is 1.52 bits per heavy atom. The van der Waals surface area contributed by atoms with E-state index in [2.05, 4.69) is 90.9 Å². The van der Waals surface area contributed by atoms with Crippen LogP contribution in [0.5, 0.6) is 0 Å². The van der Waals surface area contributed by atoms with E-state index in [9.17, 15) is 0 Å². The van der Waals surface area contributed by atoms with Crippen molar-refractivity contribution in [2.75, 3.05) is 0 Å². The van der Waals surface area contributed by atoms with Crippen LogP contribution >= 0.6 is 0 Å². The minimum Gasteiger partial charge on any atom is -1.00 e. The summed E-state index contributed by atoms with van der Waals surface area (Å²) in [5.74, 6) is 0.587. The number of hydrogen-bond donors (Lipinski definition) is 0. The normalized spacial score (nSPS) is 13.5. The van der Waals surface area contributed by atoms with Crippen molar-refractivity contribution in [3.05, 3.63) is 81.1 Å². The SMILES string of the molecule is CCC(C)C1=C([SiH](c2cc(C)cc(C)c2)c2cc(C)cc(C)c2)CC(C)=[C-]1.[Cl-].[Cl-].[Cl-].[Ti+4]. The number of halogens is 3. The van der Waals surface area contributed by atoms with Crippen molar-refractivity contribution >= 4 is 19.2 Å². The van der Waals surface area contributed by atoms with E-state index >= 15 is 0 Å². The fourth-order valence-corrected chi connectivity index (χ4v) is 8.67. The summed E-state index contributed by atoms with van der Waals surface area (Å²) in [6.07, 6.45) is 6.05. The van der Waals surface area contributed by atoms with E-state index in [0.29, 0.717) is 5.92 Å². The third kappa shape index (κ3) is 7.91. The van der Waals surface area contributed by atoms with Crippen LogP contribution in [0.2, 0.25) is 0 Å². The molecule has 3 rings (SSSR count). The zero-order chi connectivity index (χ0) is 19.7. The summed E-state index contributed by atoms with van der Waals surface area (Å²) in [6, 6.07) is 14.4. The first-order chi connectivity index (χ1) is 12.8. The van der Waals surface area contributed by atoms with Crippen LogP contribution in [-0.2, 0) is 21.7 Å². The zero-order valence-corrected chi connectivity index (χ0v) is 24.7. The van der Waals surface area contributed by atoms with E-state index in [1.165, 1.54) is 39.8 Å². The Morgan fingerprint density at radius 1 is 0.774 bits per heavy atom. The zero-order valence-electron chi connectivity index (χ0n) is 19.7. The fourth-order valence-electron chi connectivity index (χ4n) is 4.58. The molecule has 5 heteroatoms. The topological polar surface area (TPSA) is 0 Å². The van der Waals surface area contributed by atoms with Crippen molar-refractivity contribution in [2.45, 2.75) is 61.3 Å². The number of benzene rings is 2. The number of aryl methyl sites for hydroxylation is 4. The smallest absolute Gasteiger partial charge is 1.00 e. The average Bonchev–Trinajstić information content (AvgIpc) is 2.94. The van der Waals surface area contributed by atoms with Crippen LogP contribution in [-0.4, -0.2) is 8.80 Å². The maximum absolute atomic E-state index is 3.76. The first-order valence-electron chi connectivity index (χ1n) is 10.3. The molecule has 1 aliphatic rings. The molecule has 1 atom stereocenters. The third-order valence-corrected chi connectivity index (χ3v) is 8.97. The molecule has 0 amide bonds. The number of allylic oxidation sites excluding steroid dienone is 4. The minimum absolute atomic E-state index is 0. The van der Waals surface area contributed by atoms with Crippen molar-refractivity contribution in [2.24, 2.45) is 5.92 Å². The molecular formula is C26H33Cl3SiTi. The number of rotatable bonds is 5. The molecule has 166 valence electrons. The van der Waals surface area contributed by atoms with Gasteiger partial charge in [0.1, 0.15) is 0 Å². The second-order valence-corrected chi connectivity index (χ2v) is 11.5. The van der Waals surface area contributed by atoms with Gasteiger partial charge in [-0.05, 0) is 27.7 Å². The molecule has 0 heterocycles. The van der Waals surface area contributed by atoms with Gasteiger partial charge in [-0.25, -0.2) is 16.8 Å². The van der Waals surface area contributed by atoms with Crippen LogP contribution in [0.3, 0.4) is 0 Å². The molecule has 0 nitrogen and oxygen atoms in total. The molecule has 0 saturated carbocycles. The molecule has 1 unspecified atom stereocenters. The van der Waals surface area contributed by atoms with E-state index in [-0.39, 0.29) is 58.9 Å². The second-order valence-electron chi connectivity index (χ2n) is 8.61. The Kier molecular flexibility index (Phi) is 14.9. The minimum atomic E-state index is -1.49. The summed E-state index contributed by atoms with van der Waals surface area (Å²) in [6.45, 7) is 15.9. The molecule has 31 heavy (non-hydrogen) atoms. The van der Waals surface area contributed by atoms with E-state index in [0.717, 1.165) is 6.42 Å². The maximum atomic E-state index is 3.76. The predicted octanol–water partition coefficient (Wildman–Crippen LogP) is -3.69. The molecule has 0 aromatic heterocycles. The van der Waals surface area contributed by atoms with Crippen LogP contribution in [0.15, 0.2) is 52.7 Å². The molecule has 0 aliphatic heterocycles. The van der Waals surface area contributed by atoms with E-state index in [4.69, 9.17) is 0 Å². The van der Waals surface area contributed by atoms with Gasteiger partial charge in [0.05, 0.1) is 0 Å². The first kappa shape index (κ1) is 32.9. The molecule has 0 N–H and O–H groups in total. The summed E-state index contributed by atoms with van der Waals surface area (Å²) >= 11 is 0. The second kappa shape index (κ2) is 14.1. The maximum Gasteiger partial charge on any atom is 4.00 e. The first-order valence-corrected chi connectivity index (χ1v) is 12.0. The van der Waals surface area contributed by atoms with Crippen molar-refractivity contribution in [1.82, 2.24) is 0 Å². The van der Waals surface area contributed by atoms with E-state index in [1.807, 2.05) is 0 Å². The van der Waals surface area contributed by atoms with Crippen molar-refractivity contribution in [3.8, 4) is 0 Å². The third-order valence-electron chi connectivity index (χ3n) is 5.76. The molecule has 2 aromatic rings. The molecule has 0 spiro atoms. The molecule has 0 radical (unpaired) electrons. The Balaban J connectivity index is 0. The largest absolute Gasteiger partial charge is 4.00 e. The van der Waals surface area contributed by atoms with Crippen molar-refractivity contribution < 1.29 is 58.9 Å². The van der Waals surface area contributed by atoms with E-state index < -0.39 is 8.80 Å². The van der Waals surface area contributed by atoms with Gasteiger partial charge in [0.2, 0.25) is 0 Å². The van der Waals surface area contributed by atoms with Gasteiger partial charge in [-0.15, -0.1) is 0 Å². The fraction of sp³-hybridized carbons (Fsp3) is 0.385. The summed E-state index contributed by atoms with van der Waals surface area (Å²) in [5.41, 5.74) is 8.43. The van der Waals surface area contributed by atoms with Crippen LogP contribution in [0, 0.1) is 39.7 Å². The van der Waals surface area contributed by atoms with Crippen LogP contribution in [0.4, 0.5) is 0 Å². The van der Waals surface area contributed by atoms with Crippen LogP contribution in [0.1, 0.15) is 55.9 Å². The van der Waals surface area contributed by atoms with Crippen molar-refractivity contribution in [1.29, 1.82) is 0 Å². The van der Waals surface area contributed by atoms with Crippen LogP contribution in [0.25, 0.3) is 0 Å². The molecule has 0 bridgehead atoms. The summed E-state index contributed by atoms with van der Waals surface area (Å²) in [4.78, 5) is 0. The molecule has 0 fully saturated rings. The Hall–Kier alpha value is -0.279. The van der Waals surface area contributed by atoms with Gasteiger partial charge in [0.25, 0.3) is 0 Å². The molecule has 0 saturated heterocycles. The average molecular weight is 528 g/mol. The molecule has 1 aliphatic carbocycles. The molecular weight excluding hydrogens is 495 g/mol. The van der Waals surface area contributed by atoms with Crippen molar-refractivity contribution in [3.63, 3.8) is 0 Å². The van der Waals surface area contributed by atoms with Gasteiger partial charge >= 0.3 is 21.7 Å². The summed E-state index contributed by atoms with van der Waals surface area (Å²) in [5, 5.41) is 4.81. The Bertz CT molecular complexity index is 842. The Labute approximate surface area is 225 Å². The number of hydrogen-bond acceptors (Lipinski definition) is 0. The monoisotopic (exact) mass is 526 g/mol. The van der Waals surface area contributed by atoms with Gasteiger partial charge in [0.15, 0.2) is 0 Å². The Morgan fingerprint density at radius 2 is 1.16 bits per heavy atom. The van der Waals surface area contributed by atoms with Gasteiger partial charge in [0, 0.05) is 8.80 Å². The van der Waals surface area contributed by atoms with Gasteiger partial charge < -0.3 is 37.2 Å². The van der Waals surface area contributed by atoms with E-state index in [1.54, 1.807) is 15.6 Å². The summed E-state index contributed by atoms with van der Waals surface area (Å²) < 4.78 is 0. The molecule has 2 aromatic carbocycles. The summed E-state index contributed by atoms with van der Waals surface area (Å²) in [7, 11) is -1.49. The van der Waals surface area contributed by atoms with Gasteiger partial charge in [-0.3, -0.25) is 0 Å².